The molecule has 1 unspecified atom stereocenters. The summed E-state index contributed by atoms with van der Waals surface area (Å²) in [5, 5.41) is 20.4. The van der Waals surface area contributed by atoms with Gasteiger partial charge in [-0.25, -0.2) is 0 Å². The van der Waals surface area contributed by atoms with Crippen LogP contribution in [0.4, 0.5) is 17.5 Å². The first-order valence-corrected chi connectivity index (χ1v) is 10.8. The maximum absolute atomic E-state index is 12.1. The minimum Gasteiger partial charge on any atom is -0.790 e. The number of phosphoric acid groups is 2. The number of nitrogens with zero attached hydrogens (tertiary/aromatic N) is 3. The van der Waals surface area contributed by atoms with Gasteiger partial charge in [0, 0.05) is 7.05 Å². The Balaban J connectivity index is 0.00000320. The van der Waals surface area contributed by atoms with Gasteiger partial charge in [0.1, 0.15) is 24.0 Å². The summed E-state index contributed by atoms with van der Waals surface area (Å²) in [5.41, 5.74) is 5.12. The SMILES string of the molecule is CN1CN([C@@H]2O[C@H](COP(=O)([O-])OP(=O)([O-])[O-])[C@@H](O)[C@H]2O)c2nc(N)[nH]c(=O)c21.[Na+].[Na+].[Na+]. The van der Waals surface area contributed by atoms with Crippen molar-refractivity contribution in [1.82, 2.24) is 9.97 Å². The summed E-state index contributed by atoms with van der Waals surface area (Å²) in [6.45, 7) is -0.952. The smallest absolute Gasteiger partial charge is 0.790 e. The number of H-pyrrole nitrogens is 1. The van der Waals surface area contributed by atoms with Crippen molar-refractivity contribution < 1.29 is 136 Å². The van der Waals surface area contributed by atoms with E-state index in [9.17, 15) is 38.8 Å². The quantitative estimate of drug-likeness (QED) is 0.199. The van der Waals surface area contributed by atoms with E-state index in [1.54, 1.807) is 7.05 Å². The number of aromatic amines is 1. The molecule has 2 aliphatic heterocycles. The molecule has 1 saturated heterocycles. The van der Waals surface area contributed by atoms with Crippen LogP contribution in [0.5, 0.6) is 0 Å². The third kappa shape index (κ3) is 7.71. The Morgan fingerprint density at radius 3 is 2.41 bits per heavy atom. The van der Waals surface area contributed by atoms with Gasteiger partial charge in [0.2, 0.25) is 5.95 Å². The minimum atomic E-state index is -5.88. The zero-order chi connectivity index (χ0) is 21.7. The number of nitrogens with one attached hydrogen (secondary N) is 1. The molecule has 16 nitrogen and oxygen atoms in total. The second-order valence-corrected chi connectivity index (χ2v) is 8.95. The summed E-state index contributed by atoms with van der Waals surface area (Å²) in [5.74, 6) is -0.144. The number of aromatic nitrogens is 2. The molecule has 0 saturated carbocycles. The number of nitrogen functional groups attached to an aromatic ring is 1. The average molecular weight is 525 g/mol. The van der Waals surface area contributed by atoms with E-state index in [1.807, 2.05) is 0 Å². The molecule has 0 spiro atoms. The first kappa shape index (κ1) is 33.4. The van der Waals surface area contributed by atoms with Crippen LogP contribution in [0, 0.1) is 0 Å². The van der Waals surface area contributed by atoms with E-state index in [-0.39, 0.29) is 113 Å². The van der Waals surface area contributed by atoms with E-state index in [1.165, 1.54) is 9.80 Å². The molecule has 0 aromatic carbocycles. The van der Waals surface area contributed by atoms with E-state index in [0.29, 0.717) is 0 Å². The van der Waals surface area contributed by atoms with E-state index in [4.69, 9.17) is 10.5 Å². The van der Waals surface area contributed by atoms with Crippen LogP contribution in [-0.4, -0.2) is 65.0 Å². The molecule has 32 heavy (non-hydrogen) atoms. The second-order valence-electron chi connectivity index (χ2n) is 6.25. The van der Waals surface area contributed by atoms with Crippen LogP contribution < -0.4 is 124 Å². The van der Waals surface area contributed by atoms with Crippen LogP contribution in [0.15, 0.2) is 4.79 Å². The Hall–Kier alpha value is 1.42. The summed E-state index contributed by atoms with van der Waals surface area (Å²) in [7, 11) is -9.86. The molecule has 0 radical (unpaired) electrons. The Labute approximate surface area is 247 Å². The zero-order valence-corrected chi connectivity index (χ0v) is 25.4. The largest absolute Gasteiger partial charge is 1.00 e. The molecule has 0 bridgehead atoms. The van der Waals surface area contributed by atoms with Crippen molar-refractivity contribution in [3.05, 3.63) is 10.4 Å². The van der Waals surface area contributed by atoms with Crippen molar-refractivity contribution in [3.8, 4) is 0 Å². The fraction of sp³-hybridized carbons (Fsp3) is 0.636. The molecular weight excluding hydrogens is 509 g/mol. The van der Waals surface area contributed by atoms with Crippen molar-refractivity contribution in [2.45, 2.75) is 24.5 Å². The van der Waals surface area contributed by atoms with Gasteiger partial charge in [-0.05, 0) is 0 Å². The van der Waals surface area contributed by atoms with Crippen molar-refractivity contribution in [3.63, 3.8) is 0 Å². The average Bonchev–Trinajstić information content (AvgIpc) is 3.01. The van der Waals surface area contributed by atoms with Gasteiger partial charge in [-0.2, -0.15) is 4.98 Å². The molecule has 0 aliphatic carbocycles. The van der Waals surface area contributed by atoms with Crippen LogP contribution >= 0.6 is 15.6 Å². The number of anilines is 3. The third-order valence-corrected chi connectivity index (χ3v) is 6.22. The maximum Gasteiger partial charge on any atom is 1.00 e. The molecule has 0 amide bonds. The van der Waals surface area contributed by atoms with E-state index >= 15 is 0 Å². The van der Waals surface area contributed by atoms with Crippen molar-refractivity contribution in [2.24, 2.45) is 0 Å². The summed E-state index contributed by atoms with van der Waals surface area (Å²) in [4.78, 5) is 53.3. The van der Waals surface area contributed by atoms with Gasteiger partial charge in [-0.1, -0.05) is 0 Å². The van der Waals surface area contributed by atoms with Gasteiger partial charge < -0.3 is 54.3 Å². The second kappa shape index (κ2) is 12.6. The minimum absolute atomic E-state index is 0. The molecule has 21 heteroatoms. The number of aliphatic hydroxyl groups excluding tert-OH is 2. The number of ether oxygens (including phenoxy) is 1. The fourth-order valence-electron chi connectivity index (χ4n) is 3.02. The van der Waals surface area contributed by atoms with Gasteiger partial charge in [-0.3, -0.25) is 18.7 Å². The predicted octanol–water partition coefficient (Wildman–Crippen LogP) is -13.6. The fourth-order valence-corrected chi connectivity index (χ4v) is 4.52. The normalized spacial score (nSPS) is 26.4. The molecule has 5 N–H and O–H groups in total. The molecule has 2 aliphatic rings. The summed E-state index contributed by atoms with van der Waals surface area (Å²) in [6.07, 6.45) is -6.00. The Bertz CT molecular complexity index is 951. The number of hydrogen-bond donors (Lipinski definition) is 4. The van der Waals surface area contributed by atoms with E-state index in [2.05, 4.69) is 18.8 Å². The number of phosphoric ester groups is 1. The maximum atomic E-state index is 12.1. The van der Waals surface area contributed by atoms with Crippen LogP contribution in [0.3, 0.4) is 0 Å². The summed E-state index contributed by atoms with van der Waals surface area (Å²) >= 11 is 0. The van der Waals surface area contributed by atoms with Crippen LogP contribution in [0.2, 0.25) is 0 Å². The monoisotopic (exact) mass is 525 g/mol. The third-order valence-electron chi connectivity index (χ3n) is 4.15. The van der Waals surface area contributed by atoms with Gasteiger partial charge in [-0.15, -0.1) is 0 Å². The summed E-state index contributed by atoms with van der Waals surface area (Å²) in [6, 6.07) is 0. The van der Waals surface area contributed by atoms with Crippen LogP contribution in [-0.2, 0) is 22.7 Å². The first-order chi connectivity index (χ1) is 13.3. The number of aliphatic hydroxyl groups is 2. The standard InChI is InChI=1S/C11H19N5O11P2.3Na/c1-15-3-16(8-5(15)9(19)14-11(12)13-8)10-7(18)6(17)4(26-10)2-25-29(23,24)27-28(20,21)22;;;/h4,6-7,10,17-18H,2-3H2,1H3,(H,23,24)(H2,20,21,22)(H3,12,13,14,19);;;/q;3*+1/p-3/t4-,6-,7-,10-;;;/m1.../s1. The molecule has 5 atom stereocenters. The van der Waals surface area contributed by atoms with Crippen molar-refractivity contribution >= 4 is 33.1 Å². The molecule has 164 valence electrons. The predicted molar refractivity (Wildman–Crippen MR) is 87.9 cm³/mol. The molecule has 3 rings (SSSR count). The Morgan fingerprint density at radius 1 is 1.25 bits per heavy atom. The van der Waals surface area contributed by atoms with E-state index in [0.717, 1.165) is 0 Å². The van der Waals surface area contributed by atoms with Crippen LogP contribution in [0.1, 0.15) is 0 Å². The Morgan fingerprint density at radius 2 is 1.84 bits per heavy atom. The van der Waals surface area contributed by atoms with Crippen molar-refractivity contribution in [1.29, 1.82) is 0 Å². The topological polar surface area (TPSA) is 250 Å². The molecular formula is C11H16N5Na3O11P2. The number of nitrogens with two attached hydrogens (primary N) is 1. The van der Waals surface area contributed by atoms with Crippen LogP contribution in [0.25, 0.3) is 0 Å². The van der Waals surface area contributed by atoms with Gasteiger partial charge >= 0.3 is 88.7 Å². The summed E-state index contributed by atoms with van der Waals surface area (Å²) < 4.78 is 34.7. The van der Waals surface area contributed by atoms with Gasteiger partial charge in [0.25, 0.3) is 13.4 Å². The zero-order valence-electron chi connectivity index (χ0n) is 17.6. The van der Waals surface area contributed by atoms with Gasteiger partial charge in [0.15, 0.2) is 12.0 Å². The molecule has 1 fully saturated rings. The molecule has 1 aromatic heterocycles. The number of hydrogen-bond acceptors (Lipinski definition) is 15. The molecule has 3 heterocycles. The van der Waals surface area contributed by atoms with Crippen molar-refractivity contribution in [2.75, 3.05) is 35.9 Å². The number of fused-ring (bicyclic) bond motifs is 1. The first-order valence-electron chi connectivity index (χ1n) is 7.87. The van der Waals surface area contributed by atoms with Gasteiger partial charge in [0.05, 0.1) is 21.1 Å². The number of rotatable bonds is 6. The van der Waals surface area contributed by atoms with E-state index < -0.39 is 52.4 Å². The Kier molecular flexibility index (Phi) is 13.1. The molecule has 1 aromatic rings.